The van der Waals surface area contributed by atoms with E-state index in [0.717, 1.165) is 9.35 Å². The van der Waals surface area contributed by atoms with Gasteiger partial charge in [0.15, 0.2) is 0 Å². The summed E-state index contributed by atoms with van der Waals surface area (Å²) in [5.41, 5.74) is 0.953. The number of halogens is 2. The van der Waals surface area contributed by atoms with Gasteiger partial charge >= 0.3 is 0 Å². The molecule has 0 saturated carbocycles. The summed E-state index contributed by atoms with van der Waals surface area (Å²) in [5, 5.41) is 3.43. The number of carbonyl (C=O) groups is 2. The SMILES string of the molecule is CN(CC(=O)NCc1ccc(Cl)cc1)C(=O)c1ccc(Br)s1. The third-order valence-corrected chi connectivity index (χ3v) is 4.78. The number of rotatable bonds is 5. The second-order valence-corrected chi connectivity index (χ2v) is 7.57. The number of nitrogens with zero attached hydrogens (tertiary/aromatic N) is 1. The van der Waals surface area contributed by atoms with Crippen molar-refractivity contribution in [1.29, 1.82) is 0 Å². The van der Waals surface area contributed by atoms with Crippen LogP contribution < -0.4 is 5.32 Å². The number of thiophene rings is 1. The molecule has 0 atom stereocenters. The van der Waals surface area contributed by atoms with Crippen LogP contribution in [-0.2, 0) is 11.3 Å². The van der Waals surface area contributed by atoms with E-state index in [1.807, 2.05) is 18.2 Å². The second kappa shape index (κ2) is 7.76. The zero-order valence-corrected chi connectivity index (χ0v) is 15.0. The summed E-state index contributed by atoms with van der Waals surface area (Å²) in [6, 6.07) is 10.8. The predicted octanol–water partition coefficient (Wildman–Crippen LogP) is 3.55. The van der Waals surface area contributed by atoms with Gasteiger partial charge in [-0.25, -0.2) is 0 Å². The van der Waals surface area contributed by atoms with Crippen molar-refractivity contribution >= 4 is 50.7 Å². The Kier molecular flexibility index (Phi) is 5.99. The van der Waals surface area contributed by atoms with Crippen LogP contribution in [-0.4, -0.2) is 30.3 Å². The van der Waals surface area contributed by atoms with E-state index in [0.29, 0.717) is 16.4 Å². The van der Waals surface area contributed by atoms with Crippen LogP contribution in [0.25, 0.3) is 0 Å². The number of hydrogen-bond acceptors (Lipinski definition) is 3. The molecule has 4 nitrogen and oxygen atoms in total. The average Bonchev–Trinajstić information content (AvgIpc) is 2.92. The van der Waals surface area contributed by atoms with Crippen molar-refractivity contribution in [2.75, 3.05) is 13.6 Å². The lowest BCUT2D eigenvalue weighted by Crippen LogP contribution is -2.37. The zero-order chi connectivity index (χ0) is 16.1. The molecule has 0 bridgehead atoms. The summed E-state index contributed by atoms with van der Waals surface area (Å²) in [4.78, 5) is 26.0. The molecule has 2 aromatic rings. The van der Waals surface area contributed by atoms with Gasteiger partial charge < -0.3 is 10.2 Å². The number of nitrogens with one attached hydrogen (secondary N) is 1. The Hall–Kier alpha value is -1.37. The molecule has 0 saturated heterocycles. The highest BCUT2D eigenvalue weighted by molar-refractivity contribution is 9.11. The van der Waals surface area contributed by atoms with E-state index >= 15 is 0 Å². The molecule has 1 aromatic heterocycles. The van der Waals surface area contributed by atoms with Crippen molar-refractivity contribution in [1.82, 2.24) is 10.2 Å². The minimum absolute atomic E-state index is 0.0158. The van der Waals surface area contributed by atoms with Crippen molar-refractivity contribution in [2.45, 2.75) is 6.54 Å². The van der Waals surface area contributed by atoms with E-state index in [1.54, 1.807) is 25.2 Å². The van der Waals surface area contributed by atoms with Crippen LogP contribution in [0, 0.1) is 0 Å². The van der Waals surface area contributed by atoms with Gasteiger partial charge in [-0.15, -0.1) is 11.3 Å². The average molecular weight is 402 g/mol. The van der Waals surface area contributed by atoms with E-state index in [4.69, 9.17) is 11.6 Å². The summed E-state index contributed by atoms with van der Waals surface area (Å²) in [7, 11) is 1.61. The molecule has 0 spiro atoms. The van der Waals surface area contributed by atoms with Crippen LogP contribution in [0.15, 0.2) is 40.2 Å². The van der Waals surface area contributed by atoms with Crippen molar-refractivity contribution in [2.24, 2.45) is 0 Å². The first kappa shape index (κ1) is 17.0. The first-order chi connectivity index (χ1) is 10.5. The molecular formula is C15H14BrClN2O2S. The van der Waals surface area contributed by atoms with Crippen LogP contribution in [0.4, 0.5) is 0 Å². The van der Waals surface area contributed by atoms with Crippen molar-refractivity contribution in [3.63, 3.8) is 0 Å². The number of amides is 2. The Morgan fingerprint density at radius 1 is 1.23 bits per heavy atom. The van der Waals surface area contributed by atoms with Crippen molar-refractivity contribution in [3.8, 4) is 0 Å². The number of likely N-dealkylation sites (N-methyl/N-ethyl adjacent to an activating group) is 1. The highest BCUT2D eigenvalue weighted by Crippen LogP contribution is 2.22. The van der Waals surface area contributed by atoms with Gasteiger partial charge in [0.2, 0.25) is 5.91 Å². The molecule has 2 amide bonds. The molecule has 1 aromatic carbocycles. The van der Waals surface area contributed by atoms with Gasteiger partial charge in [-0.2, -0.15) is 0 Å². The molecule has 7 heteroatoms. The van der Waals surface area contributed by atoms with E-state index < -0.39 is 0 Å². The van der Waals surface area contributed by atoms with Crippen LogP contribution >= 0.6 is 38.9 Å². The van der Waals surface area contributed by atoms with Gasteiger partial charge in [-0.05, 0) is 45.8 Å². The number of carbonyl (C=O) groups excluding carboxylic acids is 2. The van der Waals surface area contributed by atoms with E-state index in [2.05, 4.69) is 21.2 Å². The summed E-state index contributed by atoms with van der Waals surface area (Å²) in [5.74, 6) is -0.376. The van der Waals surface area contributed by atoms with Gasteiger partial charge in [0.1, 0.15) is 0 Å². The second-order valence-electron chi connectivity index (χ2n) is 4.67. The lowest BCUT2D eigenvalue weighted by Gasteiger charge is -2.15. The first-order valence-corrected chi connectivity index (χ1v) is 8.46. The molecule has 0 aliphatic carbocycles. The first-order valence-electron chi connectivity index (χ1n) is 6.47. The smallest absolute Gasteiger partial charge is 0.264 e. The summed E-state index contributed by atoms with van der Waals surface area (Å²) in [6.07, 6.45) is 0. The summed E-state index contributed by atoms with van der Waals surface area (Å²) in [6.45, 7) is 0.421. The van der Waals surface area contributed by atoms with E-state index in [9.17, 15) is 9.59 Å². The van der Waals surface area contributed by atoms with Crippen LogP contribution in [0.2, 0.25) is 5.02 Å². The molecular weight excluding hydrogens is 388 g/mol. The van der Waals surface area contributed by atoms with Gasteiger partial charge in [0, 0.05) is 18.6 Å². The summed E-state index contributed by atoms with van der Waals surface area (Å²) >= 11 is 10.5. The maximum atomic E-state index is 12.1. The molecule has 22 heavy (non-hydrogen) atoms. The molecule has 0 fully saturated rings. The molecule has 1 N–H and O–H groups in total. The fourth-order valence-electron chi connectivity index (χ4n) is 1.76. The van der Waals surface area contributed by atoms with Crippen LogP contribution in [0.5, 0.6) is 0 Å². The van der Waals surface area contributed by atoms with Gasteiger partial charge in [-0.1, -0.05) is 23.7 Å². The maximum absolute atomic E-state index is 12.1. The Balaban J connectivity index is 1.83. The topological polar surface area (TPSA) is 49.4 Å². The molecule has 1 heterocycles. The third-order valence-electron chi connectivity index (χ3n) is 2.91. The molecule has 0 unspecified atom stereocenters. The molecule has 2 rings (SSSR count). The number of hydrogen-bond donors (Lipinski definition) is 1. The summed E-state index contributed by atoms with van der Waals surface area (Å²) < 4.78 is 0.886. The highest BCUT2D eigenvalue weighted by atomic mass is 79.9. The normalized spacial score (nSPS) is 10.3. The minimum atomic E-state index is -0.207. The lowest BCUT2D eigenvalue weighted by molar-refractivity contribution is -0.121. The fourth-order valence-corrected chi connectivity index (χ4v) is 3.27. The minimum Gasteiger partial charge on any atom is -0.350 e. The molecule has 0 radical (unpaired) electrons. The fraction of sp³-hybridized carbons (Fsp3) is 0.200. The predicted molar refractivity (Wildman–Crippen MR) is 92.3 cm³/mol. The molecule has 0 aliphatic rings. The molecule has 0 aliphatic heterocycles. The Labute approximate surface area is 146 Å². The third kappa shape index (κ3) is 4.83. The number of benzene rings is 1. The van der Waals surface area contributed by atoms with Crippen LogP contribution in [0.1, 0.15) is 15.2 Å². The van der Waals surface area contributed by atoms with E-state index in [1.165, 1.54) is 16.2 Å². The highest BCUT2D eigenvalue weighted by Gasteiger charge is 2.16. The van der Waals surface area contributed by atoms with Gasteiger partial charge in [0.25, 0.3) is 5.91 Å². The van der Waals surface area contributed by atoms with Crippen molar-refractivity contribution < 1.29 is 9.59 Å². The van der Waals surface area contributed by atoms with Crippen LogP contribution in [0.3, 0.4) is 0 Å². The maximum Gasteiger partial charge on any atom is 0.264 e. The van der Waals surface area contributed by atoms with Gasteiger partial charge in [0.05, 0.1) is 15.2 Å². The quantitative estimate of drug-likeness (QED) is 0.833. The van der Waals surface area contributed by atoms with Gasteiger partial charge in [-0.3, -0.25) is 9.59 Å². The van der Waals surface area contributed by atoms with Crippen molar-refractivity contribution in [3.05, 3.63) is 55.6 Å². The molecule has 116 valence electrons. The monoisotopic (exact) mass is 400 g/mol. The zero-order valence-electron chi connectivity index (χ0n) is 11.8. The Morgan fingerprint density at radius 2 is 1.91 bits per heavy atom. The largest absolute Gasteiger partial charge is 0.350 e. The Bertz CT molecular complexity index is 672. The standard InChI is InChI=1S/C15H14BrClN2O2S/c1-19(15(21)12-6-7-13(16)22-12)9-14(20)18-8-10-2-4-11(17)5-3-10/h2-7H,8-9H2,1H3,(H,18,20). The van der Waals surface area contributed by atoms with E-state index in [-0.39, 0.29) is 18.4 Å². The lowest BCUT2D eigenvalue weighted by atomic mass is 10.2. The Morgan fingerprint density at radius 3 is 2.50 bits per heavy atom.